The lowest BCUT2D eigenvalue weighted by molar-refractivity contribution is -0.143. The summed E-state index contributed by atoms with van der Waals surface area (Å²) >= 11 is 0. The van der Waals surface area contributed by atoms with Crippen LogP contribution in [0.2, 0.25) is 0 Å². The van der Waals surface area contributed by atoms with Gasteiger partial charge >= 0.3 is 5.97 Å². The van der Waals surface area contributed by atoms with Crippen LogP contribution in [0.25, 0.3) is 0 Å². The lowest BCUT2D eigenvalue weighted by atomic mass is 10.2. The first-order valence-corrected chi connectivity index (χ1v) is 5.26. The van der Waals surface area contributed by atoms with E-state index in [0.29, 0.717) is 0 Å². The van der Waals surface area contributed by atoms with Gasteiger partial charge in [-0.05, 0) is 12.5 Å². The highest BCUT2D eigenvalue weighted by atomic mass is 16.5. The number of benzene rings is 1. The molecule has 16 heavy (non-hydrogen) atoms. The second-order valence-electron chi connectivity index (χ2n) is 3.80. The molecule has 0 saturated carbocycles. The Morgan fingerprint density at radius 1 is 1.38 bits per heavy atom. The average molecular weight is 221 g/mol. The SMILES string of the molecule is COC(=O)[C@H]1N[C@@H](c2ccccc2)O[C@@H]1C. The number of hydrogen-bond donors (Lipinski definition) is 1. The fourth-order valence-electron chi connectivity index (χ4n) is 1.82. The van der Waals surface area contributed by atoms with Crippen LogP contribution in [0.1, 0.15) is 18.7 Å². The number of hydrogen-bond acceptors (Lipinski definition) is 4. The molecule has 1 aromatic rings. The van der Waals surface area contributed by atoms with E-state index >= 15 is 0 Å². The molecular weight excluding hydrogens is 206 g/mol. The Morgan fingerprint density at radius 3 is 2.69 bits per heavy atom. The zero-order chi connectivity index (χ0) is 11.5. The Balaban J connectivity index is 2.10. The normalized spacial score (nSPS) is 29.0. The summed E-state index contributed by atoms with van der Waals surface area (Å²) in [5.41, 5.74) is 1.01. The average Bonchev–Trinajstić information content (AvgIpc) is 2.71. The van der Waals surface area contributed by atoms with Crippen LogP contribution >= 0.6 is 0 Å². The molecule has 86 valence electrons. The van der Waals surface area contributed by atoms with Gasteiger partial charge in [0.05, 0.1) is 13.2 Å². The largest absolute Gasteiger partial charge is 0.468 e. The minimum absolute atomic E-state index is 0.183. The van der Waals surface area contributed by atoms with Crippen molar-refractivity contribution in [3.63, 3.8) is 0 Å². The summed E-state index contributed by atoms with van der Waals surface area (Å²) in [6.45, 7) is 1.86. The number of rotatable bonds is 2. The summed E-state index contributed by atoms with van der Waals surface area (Å²) in [5.74, 6) is -0.286. The molecule has 1 heterocycles. The van der Waals surface area contributed by atoms with Crippen LogP contribution < -0.4 is 5.32 Å². The maximum atomic E-state index is 11.4. The number of methoxy groups -OCH3 is 1. The van der Waals surface area contributed by atoms with E-state index in [2.05, 4.69) is 5.32 Å². The Bertz CT molecular complexity index is 366. The summed E-state index contributed by atoms with van der Waals surface area (Å²) in [6, 6.07) is 9.36. The van der Waals surface area contributed by atoms with Crippen LogP contribution in [0.3, 0.4) is 0 Å². The minimum atomic E-state index is -0.393. The van der Waals surface area contributed by atoms with Crippen molar-refractivity contribution in [3.05, 3.63) is 35.9 Å². The Morgan fingerprint density at radius 2 is 2.06 bits per heavy atom. The van der Waals surface area contributed by atoms with Gasteiger partial charge in [0.15, 0.2) is 0 Å². The molecule has 0 unspecified atom stereocenters. The molecule has 4 heteroatoms. The van der Waals surface area contributed by atoms with E-state index in [1.165, 1.54) is 7.11 Å². The van der Waals surface area contributed by atoms with Crippen molar-refractivity contribution in [2.75, 3.05) is 7.11 Å². The predicted molar refractivity (Wildman–Crippen MR) is 58.7 cm³/mol. The fourth-order valence-corrected chi connectivity index (χ4v) is 1.82. The molecule has 0 spiro atoms. The highest BCUT2D eigenvalue weighted by Crippen LogP contribution is 2.25. The first-order valence-electron chi connectivity index (χ1n) is 5.26. The van der Waals surface area contributed by atoms with Crippen LogP contribution in [-0.2, 0) is 14.3 Å². The van der Waals surface area contributed by atoms with E-state index in [0.717, 1.165) is 5.56 Å². The summed E-state index contributed by atoms with van der Waals surface area (Å²) in [5, 5.41) is 3.11. The third-order valence-electron chi connectivity index (χ3n) is 2.71. The fraction of sp³-hybridized carbons (Fsp3) is 0.417. The van der Waals surface area contributed by atoms with Gasteiger partial charge in [0.25, 0.3) is 0 Å². The van der Waals surface area contributed by atoms with Crippen molar-refractivity contribution < 1.29 is 14.3 Å². The van der Waals surface area contributed by atoms with Crippen molar-refractivity contribution >= 4 is 5.97 Å². The Hall–Kier alpha value is -1.39. The maximum Gasteiger partial charge on any atom is 0.325 e. The van der Waals surface area contributed by atoms with Gasteiger partial charge in [0.2, 0.25) is 0 Å². The van der Waals surface area contributed by atoms with Gasteiger partial charge in [-0.25, -0.2) is 0 Å². The molecule has 1 saturated heterocycles. The van der Waals surface area contributed by atoms with Crippen molar-refractivity contribution in [1.82, 2.24) is 5.32 Å². The lowest BCUT2D eigenvalue weighted by Crippen LogP contribution is -2.38. The topological polar surface area (TPSA) is 47.6 Å². The van der Waals surface area contributed by atoms with Gasteiger partial charge in [0.1, 0.15) is 12.3 Å². The van der Waals surface area contributed by atoms with Crippen LogP contribution in [0.5, 0.6) is 0 Å². The van der Waals surface area contributed by atoms with E-state index in [9.17, 15) is 4.79 Å². The predicted octanol–water partition coefficient (Wildman–Crippen LogP) is 1.24. The summed E-state index contributed by atoms with van der Waals surface area (Å²) in [6.07, 6.45) is -0.419. The third-order valence-corrected chi connectivity index (χ3v) is 2.71. The number of carbonyl (C=O) groups is 1. The first-order chi connectivity index (χ1) is 7.72. The molecule has 1 aliphatic rings. The minimum Gasteiger partial charge on any atom is -0.468 e. The molecule has 1 aliphatic heterocycles. The van der Waals surface area contributed by atoms with Gasteiger partial charge in [-0.15, -0.1) is 0 Å². The van der Waals surface area contributed by atoms with Crippen LogP contribution in [0.15, 0.2) is 30.3 Å². The van der Waals surface area contributed by atoms with Crippen molar-refractivity contribution in [2.45, 2.75) is 25.3 Å². The molecule has 0 amide bonds. The quantitative estimate of drug-likeness (QED) is 0.763. The standard InChI is InChI=1S/C12H15NO3/c1-8-10(12(14)15-2)13-11(16-8)9-6-4-3-5-7-9/h3-8,10-11,13H,1-2H3/t8-,10+,11-/m1/s1. The Labute approximate surface area is 94.6 Å². The molecular formula is C12H15NO3. The molecule has 4 nitrogen and oxygen atoms in total. The second kappa shape index (κ2) is 4.63. The maximum absolute atomic E-state index is 11.4. The number of esters is 1. The van der Waals surface area contributed by atoms with E-state index in [1.807, 2.05) is 37.3 Å². The van der Waals surface area contributed by atoms with Crippen LogP contribution in [-0.4, -0.2) is 25.2 Å². The molecule has 2 rings (SSSR count). The van der Waals surface area contributed by atoms with Crippen molar-refractivity contribution in [1.29, 1.82) is 0 Å². The highest BCUT2D eigenvalue weighted by molar-refractivity contribution is 5.76. The van der Waals surface area contributed by atoms with Gasteiger partial charge in [-0.1, -0.05) is 30.3 Å². The third kappa shape index (κ3) is 2.08. The summed E-state index contributed by atoms with van der Waals surface area (Å²) in [4.78, 5) is 11.4. The number of ether oxygens (including phenoxy) is 2. The molecule has 1 fully saturated rings. The molecule has 0 aliphatic carbocycles. The summed E-state index contributed by atoms with van der Waals surface area (Å²) in [7, 11) is 1.38. The van der Waals surface area contributed by atoms with Gasteiger partial charge in [-0.2, -0.15) is 0 Å². The van der Waals surface area contributed by atoms with Crippen LogP contribution in [0.4, 0.5) is 0 Å². The molecule has 0 bridgehead atoms. The number of carbonyl (C=O) groups excluding carboxylic acids is 1. The second-order valence-corrected chi connectivity index (χ2v) is 3.80. The van der Waals surface area contributed by atoms with Crippen molar-refractivity contribution in [2.24, 2.45) is 0 Å². The van der Waals surface area contributed by atoms with E-state index in [1.54, 1.807) is 0 Å². The summed E-state index contributed by atoms with van der Waals surface area (Å²) < 4.78 is 10.4. The van der Waals surface area contributed by atoms with Gasteiger partial charge in [0, 0.05) is 0 Å². The van der Waals surface area contributed by atoms with E-state index < -0.39 is 6.04 Å². The monoisotopic (exact) mass is 221 g/mol. The van der Waals surface area contributed by atoms with E-state index in [4.69, 9.17) is 9.47 Å². The lowest BCUT2D eigenvalue weighted by Gasteiger charge is -2.10. The van der Waals surface area contributed by atoms with Crippen molar-refractivity contribution in [3.8, 4) is 0 Å². The Kier molecular flexibility index (Phi) is 3.22. The molecule has 1 aromatic carbocycles. The van der Waals surface area contributed by atoms with E-state index in [-0.39, 0.29) is 18.3 Å². The zero-order valence-electron chi connectivity index (χ0n) is 9.34. The number of nitrogens with one attached hydrogen (secondary N) is 1. The molecule has 0 aromatic heterocycles. The van der Waals surface area contributed by atoms with Crippen LogP contribution in [0, 0.1) is 0 Å². The molecule has 1 N–H and O–H groups in total. The first kappa shape index (κ1) is 11.1. The smallest absolute Gasteiger partial charge is 0.325 e. The molecule has 3 atom stereocenters. The van der Waals surface area contributed by atoms with Gasteiger partial charge in [-0.3, -0.25) is 10.1 Å². The zero-order valence-corrected chi connectivity index (χ0v) is 9.34. The highest BCUT2D eigenvalue weighted by Gasteiger charge is 2.37. The van der Waals surface area contributed by atoms with Gasteiger partial charge < -0.3 is 9.47 Å². The molecule has 0 radical (unpaired) electrons.